The molecule has 0 spiro atoms. The Balaban J connectivity index is 1.44. The number of hydrogen-bond acceptors (Lipinski definition) is 3. The Morgan fingerprint density at radius 1 is 1.06 bits per heavy atom. The van der Waals surface area contributed by atoms with Crippen LogP contribution in [0.1, 0.15) is 43.1 Å². The molecule has 1 atom stereocenters. The second-order valence-electron chi connectivity index (χ2n) is 8.58. The highest BCUT2D eigenvalue weighted by atomic mass is 35.5. The van der Waals surface area contributed by atoms with Crippen LogP contribution in [0, 0.1) is 5.92 Å². The number of nitrogens with zero attached hydrogens (tertiary/aromatic N) is 2. The predicted octanol–water partition coefficient (Wildman–Crippen LogP) is 3.60. The third-order valence-electron chi connectivity index (χ3n) is 6.09. The van der Waals surface area contributed by atoms with E-state index in [0.29, 0.717) is 36.5 Å². The number of aromatic amines is 1. The molecular weight excluding hydrogens is 428 g/mol. The topological polar surface area (TPSA) is 87.2 Å². The number of para-hydroxylation sites is 2. The second-order valence-corrected chi connectivity index (χ2v) is 9.01. The molecule has 1 fully saturated rings. The highest BCUT2D eigenvalue weighted by Gasteiger charge is 2.32. The fourth-order valence-corrected chi connectivity index (χ4v) is 4.44. The van der Waals surface area contributed by atoms with Crippen LogP contribution in [0.5, 0.6) is 0 Å². The van der Waals surface area contributed by atoms with Crippen molar-refractivity contribution in [2.75, 3.05) is 13.1 Å². The molecule has 2 N–H and O–H groups in total. The number of amides is 2. The number of piperidine rings is 1. The Hall–Kier alpha value is -3.06. The first-order valence-corrected chi connectivity index (χ1v) is 11.3. The van der Waals surface area contributed by atoms with E-state index in [2.05, 4.69) is 10.3 Å². The van der Waals surface area contributed by atoms with Crippen molar-refractivity contribution < 1.29 is 9.59 Å². The molecule has 32 heavy (non-hydrogen) atoms. The molecule has 2 aromatic carbocycles. The predicted molar refractivity (Wildman–Crippen MR) is 125 cm³/mol. The van der Waals surface area contributed by atoms with Crippen LogP contribution in [0.25, 0.3) is 11.0 Å². The van der Waals surface area contributed by atoms with Gasteiger partial charge in [-0.3, -0.25) is 14.2 Å². The lowest BCUT2D eigenvalue weighted by Gasteiger charge is -2.35. The van der Waals surface area contributed by atoms with Crippen molar-refractivity contribution in [1.29, 1.82) is 0 Å². The number of nitrogens with one attached hydrogen (secondary N) is 2. The molecule has 1 aliphatic rings. The Kier molecular flexibility index (Phi) is 6.37. The van der Waals surface area contributed by atoms with Crippen molar-refractivity contribution in [3.63, 3.8) is 0 Å². The zero-order valence-corrected chi connectivity index (χ0v) is 18.9. The number of H-pyrrole nitrogens is 1. The summed E-state index contributed by atoms with van der Waals surface area (Å²) in [4.78, 5) is 43.1. The summed E-state index contributed by atoms with van der Waals surface area (Å²) in [5.74, 6) is -0.450. The number of aromatic nitrogens is 2. The third kappa shape index (κ3) is 4.43. The van der Waals surface area contributed by atoms with E-state index < -0.39 is 6.04 Å². The second kappa shape index (κ2) is 9.20. The van der Waals surface area contributed by atoms with Crippen molar-refractivity contribution in [3.05, 3.63) is 69.6 Å². The van der Waals surface area contributed by atoms with Gasteiger partial charge in [0.25, 0.3) is 5.91 Å². The van der Waals surface area contributed by atoms with Gasteiger partial charge < -0.3 is 15.2 Å². The van der Waals surface area contributed by atoms with Gasteiger partial charge in [0.1, 0.15) is 6.04 Å². The van der Waals surface area contributed by atoms with Crippen LogP contribution in [0.4, 0.5) is 0 Å². The van der Waals surface area contributed by atoms with Gasteiger partial charge in [0.2, 0.25) is 5.91 Å². The molecule has 3 aromatic rings. The van der Waals surface area contributed by atoms with Crippen LogP contribution < -0.4 is 11.0 Å². The number of carbonyl (C=O) groups is 2. The van der Waals surface area contributed by atoms with Crippen molar-refractivity contribution in [1.82, 2.24) is 19.8 Å². The van der Waals surface area contributed by atoms with Gasteiger partial charge in [-0.1, -0.05) is 37.6 Å². The molecule has 4 rings (SSSR count). The maximum Gasteiger partial charge on any atom is 0.326 e. The van der Waals surface area contributed by atoms with Gasteiger partial charge in [-0.15, -0.1) is 0 Å². The van der Waals surface area contributed by atoms with Crippen LogP contribution in [-0.4, -0.2) is 45.4 Å². The fraction of sp³-hybridized carbons (Fsp3) is 0.375. The summed E-state index contributed by atoms with van der Waals surface area (Å²) < 4.78 is 1.80. The van der Waals surface area contributed by atoms with Gasteiger partial charge in [0, 0.05) is 29.7 Å². The van der Waals surface area contributed by atoms with Gasteiger partial charge in [-0.25, -0.2) is 4.79 Å². The van der Waals surface area contributed by atoms with E-state index in [0.717, 1.165) is 11.0 Å². The van der Waals surface area contributed by atoms with Crippen LogP contribution in [0.3, 0.4) is 0 Å². The molecule has 0 radical (unpaired) electrons. The van der Waals surface area contributed by atoms with Crippen molar-refractivity contribution in [3.8, 4) is 0 Å². The summed E-state index contributed by atoms with van der Waals surface area (Å²) in [7, 11) is 0. The quantitative estimate of drug-likeness (QED) is 0.617. The van der Waals surface area contributed by atoms with E-state index in [4.69, 9.17) is 11.6 Å². The Bertz CT molecular complexity index is 1170. The van der Waals surface area contributed by atoms with E-state index in [1.807, 2.05) is 38.1 Å². The minimum Gasteiger partial charge on any atom is -0.341 e. The van der Waals surface area contributed by atoms with E-state index in [1.54, 1.807) is 33.7 Å². The van der Waals surface area contributed by atoms with E-state index >= 15 is 0 Å². The summed E-state index contributed by atoms with van der Waals surface area (Å²) in [6.45, 7) is 4.91. The standard InChI is InChI=1S/C24H27ClN4O3/c1-15(2)21(27-22(30)16-7-9-17(25)10-8-16)23(31)28-13-11-18(12-14-28)29-20-6-4-3-5-19(20)26-24(29)32/h3-10,15,18,21H,11-14H2,1-2H3,(H,26,32)(H,27,30)/t21-/m0/s1. The molecule has 2 amide bonds. The van der Waals surface area contributed by atoms with E-state index in [1.165, 1.54) is 0 Å². The minimum absolute atomic E-state index is 0.0314. The maximum atomic E-state index is 13.2. The number of likely N-dealkylation sites (tertiary alicyclic amines) is 1. The number of benzene rings is 2. The lowest BCUT2D eigenvalue weighted by atomic mass is 9.99. The third-order valence-corrected chi connectivity index (χ3v) is 6.34. The van der Waals surface area contributed by atoms with Crippen LogP contribution in [-0.2, 0) is 4.79 Å². The first-order chi connectivity index (χ1) is 15.3. The average molecular weight is 455 g/mol. The van der Waals surface area contributed by atoms with Gasteiger partial charge >= 0.3 is 5.69 Å². The molecule has 7 nitrogen and oxygen atoms in total. The zero-order chi connectivity index (χ0) is 22.8. The highest BCUT2D eigenvalue weighted by Crippen LogP contribution is 2.25. The number of fused-ring (bicyclic) bond motifs is 1. The molecule has 8 heteroatoms. The number of carbonyl (C=O) groups excluding carboxylic acids is 2. The lowest BCUT2D eigenvalue weighted by Crippen LogP contribution is -2.53. The monoisotopic (exact) mass is 454 g/mol. The van der Waals surface area contributed by atoms with Crippen LogP contribution in [0.2, 0.25) is 5.02 Å². The number of imidazole rings is 1. The summed E-state index contributed by atoms with van der Waals surface area (Å²) in [6.07, 6.45) is 1.37. The molecule has 0 aliphatic carbocycles. The normalized spacial score (nSPS) is 15.8. The largest absolute Gasteiger partial charge is 0.341 e. The highest BCUT2D eigenvalue weighted by molar-refractivity contribution is 6.30. The molecule has 1 aliphatic heterocycles. The Labute approximate surface area is 191 Å². The van der Waals surface area contributed by atoms with Gasteiger partial charge in [-0.2, -0.15) is 0 Å². The number of halogens is 1. The fourth-order valence-electron chi connectivity index (χ4n) is 4.32. The number of rotatable bonds is 5. The van der Waals surface area contributed by atoms with Gasteiger partial charge in [-0.05, 0) is 55.2 Å². The molecule has 168 valence electrons. The molecule has 0 unspecified atom stereocenters. The van der Waals surface area contributed by atoms with E-state index in [9.17, 15) is 14.4 Å². The smallest absolute Gasteiger partial charge is 0.326 e. The first-order valence-electron chi connectivity index (χ1n) is 10.9. The molecule has 1 aromatic heterocycles. The summed E-state index contributed by atoms with van der Waals surface area (Å²) in [5.41, 5.74) is 2.05. The SMILES string of the molecule is CC(C)[C@H](NC(=O)c1ccc(Cl)cc1)C(=O)N1CCC(n2c(=O)[nH]c3ccccc32)CC1. The minimum atomic E-state index is -0.620. The maximum absolute atomic E-state index is 13.2. The van der Waals surface area contributed by atoms with Crippen molar-refractivity contribution >= 4 is 34.4 Å². The summed E-state index contributed by atoms with van der Waals surface area (Å²) in [5, 5.41) is 3.44. The molecule has 0 bridgehead atoms. The first kappa shape index (κ1) is 22.1. The van der Waals surface area contributed by atoms with Crippen molar-refractivity contribution in [2.45, 2.75) is 38.8 Å². The van der Waals surface area contributed by atoms with Crippen molar-refractivity contribution in [2.24, 2.45) is 5.92 Å². The number of hydrogen-bond donors (Lipinski definition) is 2. The summed E-state index contributed by atoms with van der Waals surface area (Å²) in [6, 6.07) is 13.6. The average Bonchev–Trinajstić information content (AvgIpc) is 3.13. The summed E-state index contributed by atoms with van der Waals surface area (Å²) >= 11 is 5.90. The van der Waals surface area contributed by atoms with Crippen LogP contribution >= 0.6 is 11.6 Å². The van der Waals surface area contributed by atoms with E-state index in [-0.39, 0.29) is 29.5 Å². The molecular formula is C24H27ClN4O3. The lowest BCUT2D eigenvalue weighted by molar-refractivity contribution is -0.135. The Morgan fingerprint density at radius 3 is 2.38 bits per heavy atom. The molecule has 0 saturated carbocycles. The molecule has 1 saturated heterocycles. The van der Waals surface area contributed by atoms with Crippen LogP contribution in [0.15, 0.2) is 53.3 Å². The molecule has 2 heterocycles. The van der Waals surface area contributed by atoms with Gasteiger partial charge in [0.15, 0.2) is 0 Å². The zero-order valence-electron chi connectivity index (χ0n) is 18.2. The Morgan fingerprint density at radius 2 is 1.72 bits per heavy atom. The van der Waals surface area contributed by atoms with Gasteiger partial charge in [0.05, 0.1) is 11.0 Å².